The Labute approximate surface area is 165 Å². The molecule has 0 unspecified atom stereocenters. The van der Waals surface area contributed by atoms with E-state index in [4.69, 9.17) is 33.0 Å². The van der Waals surface area contributed by atoms with Crippen LogP contribution in [0.1, 0.15) is 27.3 Å². The van der Waals surface area contributed by atoms with Gasteiger partial charge >= 0.3 is 5.97 Å². The first-order valence-corrected chi connectivity index (χ1v) is 8.72. The van der Waals surface area contributed by atoms with Gasteiger partial charge in [0.1, 0.15) is 23.9 Å². The minimum atomic E-state index is -1.10. The fourth-order valence-corrected chi connectivity index (χ4v) is 2.87. The second-order valence-corrected chi connectivity index (χ2v) is 6.65. The van der Waals surface area contributed by atoms with Crippen LogP contribution in [0.15, 0.2) is 54.6 Å². The summed E-state index contributed by atoms with van der Waals surface area (Å²) < 4.78 is 19.7. The first-order chi connectivity index (χ1) is 12.9. The topological polar surface area (TPSA) is 59.4 Å². The molecule has 0 spiro atoms. The molecule has 2 aromatic carbocycles. The minimum Gasteiger partial charge on any atom is -0.489 e. The van der Waals surface area contributed by atoms with Gasteiger partial charge < -0.3 is 9.84 Å². The van der Waals surface area contributed by atoms with Crippen LogP contribution in [-0.2, 0) is 13.0 Å². The minimum absolute atomic E-state index is 0.0141. The van der Waals surface area contributed by atoms with Gasteiger partial charge in [0.15, 0.2) is 0 Å². The van der Waals surface area contributed by atoms with Crippen molar-refractivity contribution in [2.45, 2.75) is 13.0 Å². The van der Waals surface area contributed by atoms with Gasteiger partial charge in [-0.15, -0.1) is 0 Å². The van der Waals surface area contributed by atoms with Gasteiger partial charge in [-0.1, -0.05) is 35.3 Å². The molecule has 0 aliphatic carbocycles. The highest BCUT2D eigenvalue weighted by Crippen LogP contribution is 2.26. The van der Waals surface area contributed by atoms with E-state index in [-0.39, 0.29) is 12.3 Å². The summed E-state index contributed by atoms with van der Waals surface area (Å²) >= 11 is 11.8. The number of aromatic nitrogens is 1. The number of halogens is 3. The molecule has 3 aromatic rings. The number of aromatic carboxylic acids is 1. The Balaban J connectivity index is 1.82. The molecule has 0 aliphatic heterocycles. The lowest BCUT2D eigenvalue weighted by atomic mass is 10.1. The van der Waals surface area contributed by atoms with Crippen molar-refractivity contribution < 1.29 is 19.0 Å². The molecule has 0 saturated carbocycles. The molecule has 27 heavy (non-hydrogen) atoms. The number of carbonyl (C=O) groups is 1. The fraction of sp³-hybridized carbons (Fsp3) is 0.100. The Morgan fingerprint density at radius 1 is 1.04 bits per heavy atom. The van der Waals surface area contributed by atoms with E-state index >= 15 is 0 Å². The second-order valence-electron chi connectivity index (χ2n) is 5.77. The molecule has 0 amide bonds. The van der Waals surface area contributed by atoms with Crippen molar-refractivity contribution in [3.8, 4) is 5.75 Å². The average molecular weight is 406 g/mol. The van der Waals surface area contributed by atoms with Gasteiger partial charge in [-0.05, 0) is 42.5 Å². The molecular weight excluding hydrogens is 392 g/mol. The van der Waals surface area contributed by atoms with Gasteiger partial charge in [0.05, 0.1) is 0 Å². The van der Waals surface area contributed by atoms with E-state index in [1.54, 1.807) is 42.5 Å². The Bertz CT molecular complexity index is 995. The van der Waals surface area contributed by atoms with Gasteiger partial charge in [-0.2, -0.15) is 0 Å². The van der Waals surface area contributed by atoms with Crippen molar-refractivity contribution >= 4 is 29.2 Å². The molecule has 0 aliphatic rings. The molecule has 7 heteroatoms. The quantitative estimate of drug-likeness (QED) is 0.596. The molecule has 4 nitrogen and oxygen atoms in total. The predicted octanol–water partition coefficient (Wildman–Crippen LogP) is 5.40. The van der Waals surface area contributed by atoms with Crippen LogP contribution < -0.4 is 4.74 Å². The summed E-state index contributed by atoms with van der Waals surface area (Å²) in [5.41, 5.74) is 1.60. The number of rotatable bonds is 6. The molecule has 1 heterocycles. The number of hydrogen-bond acceptors (Lipinski definition) is 3. The molecule has 3 rings (SSSR count). The highest BCUT2D eigenvalue weighted by molar-refractivity contribution is 6.30. The van der Waals surface area contributed by atoms with Crippen LogP contribution in [-0.4, -0.2) is 16.1 Å². The number of nitrogens with zero attached hydrogens (tertiary/aromatic N) is 1. The van der Waals surface area contributed by atoms with Gasteiger partial charge in [0, 0.05) is 33.3 Å². The third-order valence-electron chi connectivity index (χ3n) is 3.82. The van der Waals surface area contributed by atoms with E-state index in [0.29, 0.717) is 39.0 Å². The monoisotopic (exact) mass is 405 g/mol. The average Bonchev–Trinajstić information content (AvgIpc) is 2.62. The van der Waals surface area contributed by atoms with Crippen molar-refractivity contribution in [1.82, 2.24) is 4.98 Å². The molecule has 1 N–H and O–H groups in total. The molecular formula is C20H14Cl2FNO3. The highest BCUT2D eigenvalue weighted by atomic mass is 35.5. The molecule has 0 fully saturated rings. The van der Waals surface area contributed by atoms with Crippen molar-refractivity contribution in [2.24, 2.45) is 0 Å². The van der Waals surface area contributed by atoms with Crippen molar-refractivity contribution in [1.29, 1.82) is 0 Å². The van der Waals surface area contributed by atoms with Gasteiger partial charge in [-0.3, -0.25) is 0 Å². The third-order valence-corrected chi connectivity index (χ3v) is 4.29. The van der Waals surface area contributed by atoms with Crippen LogP contribution in [0.2, 0.25) is 10.0 Å². The zero-order chi connectivity index (χ0) is 19.4. The lowest BCUT2D eigenvalue weighted by Gasteiger charge is -2.13. The van der Waals surface area contributed by atoms with Crippen LogP contribution in [0, 0.1) is 5.82 Å². The summed E-state index contributed by atoms with van der Waals surface area (Å²) in [6.07, 6.45) is 0.320. The molecule has 1 aromatic heterocycles. The molecule has 0 radical (unpaired) electrons. The van der Waals surface area contributed by atoms with E-state index < -0.39 is 11.8 Å². The molecule has 0 bridgehead atoms. The van der Waals surface area contributed by atoms with E-state index in [9.17, 15) is 9.18 Å². The Morgan fingerprint density at radius 2 is 1.78 bits per heavy atom. The smallest absolute Gasteiger partial charge is 0.354 e. The summed E-state index contributed by atoms with van der Waals surface area (Å²) in [4.78, 5) is 15.2. The summed E-state index contributed by atoms with van der Waals surface area (Å²) in [6, 6.07) is 14.2. The van der Waals surface area contributed by atoms with Crippen molar-refractivity contribution in [3.05, 3.63) is 93.0 Å². The third kappa shape index (κ3) is 4.96. The van der Waals surface area contributed by atoms with Crippen LogP contribution in [0.4, 0.5) is 4.39 Å². The standard InChI is InChI=1S/C20H14Cl2FNO3/c21-14-6-7-19(27-11-12-4-5-15(22)10-17(12)23)13(8-14)9-16-2-1-3-18(24-16)20(25)26/h1-8,10H,9,11H2,(H,25,26). The lowest BCUT2D eigenvalue weighted by molar-refractivity contribution is 0.0690. The number of benzene rings is 2. The Kier molecular flexibility index (Phi) is 5.94. The largest absolute Gasteiger partial charge is 0.489 e. The summed E-state index contributed by atoms with van der Waals surface area (Å²) in [5, 5.41) is 9.89. The maximum absolute atomic E-state index is 13.9. The van der Waals surface area contributed by atoms with Gasteiger partial charge in [0.25, 0.3) is 0 Å². The van der Waals surface area contributed by atoms with Crippen LogP contribution in [0.5, 0.6) is 5.75 Å². The Morgan fingerprint density at radius 3 is 2.52 bits per heavy atom. The van der Waals surface area contributed by atoms with Crippen molar-refractivity contribution in [2.75, 3.05) is 0 Å². The zero-order valence-corrected chi connectivity index (χ0v) is 15.5. The molecule has 0 saturated heterocycles. The number of carboxylic acids is 1. The van der Waals surface area contributed by atoms with Crippen LogP contribution in [0.3, 0.4) is 0 Å². The van der Waals surface area contributed by atoms with Crippen LogP contribution in [0.25, 0.3) is 0 Å². The van der Waals surface area contributed by atoms with E-state index in [2.05, 4.69) is 4.98 Å². The lowest BCUT2D eigenvalue weighted by Crippen LogP contribution is -2.05. The van der Waals surface area contributed by atoms with Gasteiger partial charge in [0.2, 0.25) is 0 Å². The predicted molar refractivity (Wildman–Crippen MR) is 101 cm³/mol. The maximum Gasteiger partial charge on any atom is 0.354 e. The first kappa shape index (κ1) is 19.1. The summed E-state index contributed by atoms with van der Waals surface area (Å²) in [5.74, 6) is -1.04. The number of ether oxygens (including phenoxy) is 1. The number of hydrogen-bond donors (Lipinski definition) is 1. The fourth-order valence-electron chi connectivity index (χ4n) is 2.51. The van der Waals surface area contributed by atoms with Gasteiger partial charge in [-0.25, -0.2) is 14.2 Å². The highest BCUT2D eigenvalue weighted by Gasteiger charge is 2.11. The molecule has 0 atom stereocenters. The van der Waals surface area contributed by atoms with E-state index in [1.807, 2.05) is 0 Å². The Hall–Kier alpha value is -2.63. The van der Waals surface area contributed by atoms with Crippen molar-refractivity contribution in [3.63, 3.8) is 0 Å². The summed E-state index contributed by atoms with van der Waals surface area (Å²) in [7, 11) is 0. The SMILES string of the molecule is O=C(O)c1cccc(Cc2cc(Cl)ccc2OCc2ccc(Cl)cc2F)n1. The normalized spacial score (nSPS) is 10.6. The maximum atomic E-state index is 13.9. The molecule has 138 valence electrons. The summed E-state index contributed by atoms with van der Waals surface area (Å²) in [6.45, 7) is 0.0141. The first-order valence-electron chi connectivity index (χ1n) is 7.97. The van der Waals surface area contributed by atoms with Crippen LogP contribution >= 0.6 is 23.2 Å². The number of carboxylic acid groups (broad SMARTS) is 1. The van der Waals surface area contributed by atoms with E-state index in [0.717, 1.165) is 0 Å². The zero-order valence-electron chi connectivity index (χ0n) is 14.0. The number of pyridine rings is 1. The van der Waals surface area contributed by atoms with E-state index in [1.165, 1.54) is 12.1 Å². The second kappa shape index (κ2) is 8.37.